The van der Waals surface area contributed by atoms with Crippen LogP contribution in [0.15, 0.2) is 18.2 Å². The summed E-state index contributed by atoms with van der Waals surface area (Å²) in [5.74, 6) is 1.67. The smallest absolute Gasteiger partial charge is 0.242 e. The molecule has 0 unspecified atom stereocenters. The molecule has 0 atom stereocenters. The lowest BCUT2D eigenvalue weighted by Gasteiger charge is -2.42. The summed E-state index contributed by atoms with van der Waals surface area (Å²) in [6, 6.07) is 5.80. The number of methoxy groups -OCH3 is 1. The van der Waals surface area contributed by atoms with Crippen LogP contribution < -0.4 is 9.47 Å². The number of nitrogens with zero attached hydrogens (tertiary/aromatic N) is 2. The highest BCUT2D eigenvalue weighted by Gasteiger charge is 2.41. The zero-order valence-electron chi connectivity index (χ0n) is 16.5. The molecule has 1 amide bonds. The van der Waals surface area contributed by atoms with E-state index in [0.717, 1.165) is 30.2 Å². The van der Waals surface area contributed by atoms with Crippen LogP contribution in [0.3, 0.4) is 0 Å². The van der Waals surface area contributed by atoms with Crippen LogP contribution in [0.5, 0.6) is 11.5 Å². The van der Waals surface area contributed by atoms with Gasteiger partial charge in [0.05, 0.1) is 32.4 Å². The normalized spacial score (nSPS) is 20.7. The Kier molecular flexibility index (Phi) is 5.17. The number of morpholine rings is 1. The van der Waals surface area contributed by atoms with Crippen molar-refractivity contribution in [2.75, 3.05) is 40.0 Å². The summed E-state index contributed by atoms with van der Waals surface area (Å²) >= 11 is 0. The molecule has 144 valence electrons. The number of rotatable bonds is 3. The predicted octanol–water partition coefficient (Wildman–Crippen LogP) is 2.31. The number of fused-ring (bicyclic) bond motifs is 1. The van der Waals surface area contributed by atoms with Gasteiger partial charge >= 0.3 is 0 Å². The van der Waals surface area contributed by atoms with Gasteiger partial charge in [0.1, 0.15) is 17.1 Å². The summed E-state index contributed by atoms with van der Waals surface area (Å²) in [4.78, 5) is 17.6. The van der Waals surface area contributed by atoms with Gasteiger partial charge in [0.25, 0.3) is 0 Å². The van der Waals surface area contributed by atoms with Crippen molar-refractivity contribution in [2.45, 2.75) is 45.4 Å². The first-order valence-corrected chi connectivity index (χ1v) is 9.21. The zero-order chi connectivity index (χ0) is 18.9. The van der Waals surface area contributed by atoms with Crippen LogP contribution in [0.1, 0.15) is 33.3 Å². The second-order valence-electron chi connectivity index (χ2n) is 8.16. The minimum atomic E-state index is -0.573. The van der Waals surface area contributed by atoms with E-state index in [9.17, 15) is 4.79 Å². The van der Waals surface area contributed by atoms with E-state index in [1.54, 1.807) is 7.11 Å². The van der Waals surface area contributed by atoms with Gasteiger partial charge in [-0.25, -0.2) is 0 Å². The van der Waals surface area contributed by atoms with Gasteiger partial charge in [0.2, 0.25) is 5.91 Å². The van der Waals surface area contributed by atoms with Crippen molar-refractivity contribution in [1.29, 1.82) is 0 Å². The quantitative estimate of drug-likeness (QED) is 0.826. The molecule has 2 heterocycles. The highest BCUT2D eigenvalue weighted by Crippen LogP contribution is 2.34. The van der Waals surface area contributed by atoms with Crippen LogP contribution in [-0.4, -0.2) is 66.8 Å². The molecule has 0 saturated carbocycles. The second kappa shape index (κ2) is 7.08. The molecule has 0 aromatic heterocycles. The Labute approximate surface area is 156 Å². The van der Waals surface area contributed by atoms with Crippen LogP contribution in [0, 0.1) is 0 Å². The molecule has 0 aliphatic carbocycles. The Balaban J connectivity index is 1.87. The van der Waals surface area contributed by atoms with Crippen molar-refractivity contribution < 1.29 is 19.0 Å². The van der Waals surface area contributed by atoms with Crippen molar-refractivity contribution in [3.63, 3.8) is 0 Å². The van der Waals surface area contributed by atoms with E-state index < -0.39 is 11.1 Å². The fraction of sp³-hybridized carbons (Fsp3) is 0.650. The van der Waals surface area contributed by atoms with E-state index in [1.165, 1.54) is 0 Å². The van der Waals surface area contributed by atoms with Gasteiger partial charge in [-0.05, 0) is 39.8 Å². The second-order valence-corrected chi connectivity index (χ2v) is 8.16. The standard InChI is InChI=1S/C20H30N2O4/c1-19(2)14-21(13-15-6-7-16(24-5)12-17(15)26-19)18(23)20(3,4)22-8-10-25-11-9-22/h6-7,12H,8-11,13-14H2,1-5H3. The van der Waals surface area contributed by atoms with Crippen molar-refractivity contribution in [3.05, 3.63) is 23.8 Å². The Morgan fingerprint density at radius 2 is 1.92 bits per heavy atom. The van der Waals surface area contributed by atoms with Crippen molar-refractivity contribution >= 4 is 5.91 Å². The average molecular weight is 362 g/mol. The summed E-state index contributed by atoms with van der Waals surface area (Å²) in [6.45, 7) is 12.0. The molecular weight excluding hydrogens is 332 g/mol. The third-order valence-electron chi connectivity index (χ3n) is 5.21. The number of hydrogen-bond acceptors (Lipinski definition) is 5. The molecule has 0 radical (unpaired) electrons. The monoisotopic (exact) mass is 362 g/mol. The van der Waals surface area contributed by atoms with E-state index in [4.69, 9.17) is 14.2 Å². The highest BCUT2D eigenvalue weighted by molar-refractivity contribution is 5.85. The number of carbonyl (C=O) groups excluding carboxylic acids is 1. The van der Waals surface area contributed by atoms with Gasteiger partial charge in [0, 0.05) is 31.3 Å². The number of ether oxygens (including phenoxy) is 3. The van der Waals surface area contributed by atoms with E-state index in [-0.39, 0.29) is 5.91 Å². The van der Waals surface area contributed by atoms with Gasteiger partial charge < -0.3 is 19.1 Å². The first kappa shape index (κ1) is 19.0. The van der Waals surface area contributed by atoms with Crippen molar-refractivity contribution in [3.8, 4) is 11.5 Å². The minimum Gasteiger partial charge on any atom is -0.497 e. The van der Waals surface area contributed by atoms with Gasteiger partial charge in [-0.2, -0.15) is 0 Å². The summed E-state index contributed by atoms with van der Waals surface area (Å²) in [7, 11) is 1.64. The van der Waals surface area contributed by atoms with E-state index >= 15 is 0 Å². The van der Waals surface area contributed by atoms with E-state index in [0.29, 0.717) is 26.3 Å². The van der Waals surface area contributed by atoms with Crippen LogP contribution in [0.25, 0.3) is 0 Å². The maximum Gasteiger partial charge on any atom is 0.242 e. The Morgan fingerprint density at radius 1 is 1.23 bits per heavy atom. The van der Waals surface area contributed by atoms with E-state index in [2.05, 4.69) is 4.90 Å². The number of hydrogen-bond donors (Lipinski definition) is 0. The van der Waals surface area contributed by atoms with Crippen molar-refractivity contribution in [2.24, 2.45) is 0 Å². The molecule has 26 heavy (non-hydrogen) atoms. The lowest BCUT2D eigenvalue weighted by Crippen LogP contribution is -2.60. The molecule has 1 fully saturated rings. The zero-order valence-corrected chi connectivity index (χ0v) is 16.5. The molecule has 1 saturated heterocycles. The van der Waals surface area contributed by atoms with Gasteiger partial charge in [-0.15, -0.1) is 0 Å². The molecule has 1 aromatic rings. The molecule has 1 aromatic carbocycles. The molecule has 0 bridgehead atoms. The number of benzene rings is 1. The Bertz CT molecular complexity index is 666. The van der Waals surface area contributed by atoms with Crippen LogP contribution in [-0.2, 0) is 16.1 Å². The Hall–Kier alpha value is -1.79. The van der Waals surface area contributed by atoms with Crippen molar-refractivity contribution in [1.82, 2.24) is 9.80 Å². The topological polar surface area (TPSA) is 51.2 Å². The molecule has 6 heteroatoms. The lowest BCUT2D eigenvalue weighted by atomic mass is 9.98. The van der Waals surface area contributed by atoms with Crippen LogP contribution in [0.4, 0.5) is 0 Å². The molecule has 0 N–H and O–H groups in total. The van der Waals surface area contributed by atoms with Gasteiger partial charge in [-0.3, -0.25) is 9.69 Å². The Morgan fingerprint density at radius 3 is 2.58 bits per heavy atom. The summed E-state index contributed by atoms with van der Waals surface area (Å²) in [5, 5.41) is 0. The average Bonchev–Trinajstić information content (AvgIpc) is 2.75. The van der Waals surface area contributed by atoms with Crippen LogP contribution in [0.2, 0.25) is 0 Å². The minimum absolute atomic E-state index is 0.125. The molecule has 0 spiro atoms. The van der Waals surface area contributed by atoms with Gasteiger partial charge in [0.15, 0.2) is 0 Å². The van der Waals surface area contributed by atoms with Crippen LogP contribution >= 0.6 is 0 Å². The molecule has 2 aliphatic heterocycles. The maximum atomic E-state index is 13.5. The maximum absolute atomic E-state index is 13.5. The summed E-state index contributed by atoms with van der Waals surface area (Å²) in [6.07, 6.45) is 0. The first-order valence-electron chi connectivity index (χ1n) is 9.21. The summed E-state index contributed by atoms with van der Waals surface area (Å²) in [5.41, 5.74) is -0.0481. The molecule has 6 nitrogen and oxygen atoms in total. The molecular formula is C20H30N2O4. The fourth-order valence-electron chi connectivity index (χ4n) is 3.73. The van der Waals surface area contributed by atoms with E-state index in [1.807, 2.05) is 50.8 Å². The molecule has 2 aliphatic rings. The third kappa shape index (κ3) is 3.81. The summed E-state index contributed by atoms with van der Waals surface area (Å²) < 4.78 is 17.0. The fourth-order valence-corrected chi connectivity index (χ4v) is 3.73. The highest BCUT2D eigenvalue weighted by atomic mass is 16.5. The van der Waals surface area contributed by atoms with Gasteiger partial charge in [-0.1, -0.05) is 0 Å². The lowest BCUT2D eigenvalue weighted by molar-refractivity contribution is -0.148. The predicted molar refractivity (Wildman–Crippen MR) is 99.6 cm³/mol. The largest absolute Gasteiger partial charge is 0.497 e. The number of carbonyl (C=O) groups is 1. The number of amides is 1. The molecule has 3 rings (SSSR count). The first-order chi connectivity index (χ1) is 12.2. The third-order valence-corrected chi connectivity index (χ3v) is 5.21. The SMILES string of the molecule is COc1ccc2c(c1)OC(C)(C)CN(C(=O)C(C)(C)N1CCOCC1)C2.